The van der Waals surface area contributed by atoms with E-state index in [-0.39, 0.29) is 5.91 Å². The number of benzene rings is 1. The number of halogens is 1. The zero-order chi connectivity index (χ0) is 13.1. The first-order valence-corrected chi connectivity index (χ1v) is 6.34. The van der Waals surface area contributed by atoms with Crippen LogP contribution in [0.25, 0.3) is 0 Å². The lowest BCUT2D eigenvalue weighted by molar-refractivity contribution is 0.0775. The summed E-state index contributed by atoms with van der Waals surface area (Å²) in [5.74, 6) is -0.0363. The average molecular weight is 308 g/mol. The third kappa shape index (κ3) is 2.61. The molecule has 1 heterocycles. The van der Waals surface area contributed by atoms with Crippen molar-refractivity contribution < 1.29 is 4.79 Å². The molecule has 0 bridgehead atoms. The molecule has 18 heavy (non-hydrogen) atoms. The predicted molar refractivity (Wildman–Crippen MR) is 73.1 cm³/mol. The van der Waals surface area contributed by atoms with Crippen molar-refractivity contribution in [3.05, 3.63) is 52.5 Å². The van der Waals surface area contributed by atoms with Gasteiger partial charge in [0.2, 0.25) is 0 Å². The van der Waals surface area contributed by atoms with Crippen molar-refractivity contribution in [2.75, 3.05) is 7.05 Å². The minimum atomic E-state index is -0.0363. The number of carbonyl (C=O) groups excluding carboxylic acids is 1. The Morgan fingerprint density at radius 2 is 2.17 bits per heavy atom. The molecule has 0 spiro atoms. The van der Waals surface area contributed by atoms with Crippen LogP contribution in [0, 0.1) is 0 Å². The van der Waals surface area contributed by atoms with Gasteiger partial charge in [-0.15, -0.1) is 0 Å². The lowest BCUT2D eigenvalue weighted by Gasteiger charge is -2.18. The molecule has 0 saturated carbocycles. The van der Waals surface area contributed by atoms with Gasteiger partial charge >= 0.3 is 0 Å². The highest BCUT2D eigenvalue weighted by Crippen LogP contribution is 2.18. The zero-order valence-electron chi connectivity index (χ0n) is 10.3. The molecule has 0 fully saturated rings. The summed E-state index contributed by atoms with van der Waals surface area (Å²) in [5, 5.41) is 0. The van der Waals surface area contributed by atoms with E-state index in [0.717, 1.165) is 10.0 Å². The Bertz CT molecular complexity index is 565. The maximum atomic E-state index is 12.2. The van der Waals surface area contributed by atoms with Crippen molar-refractivity contribution >= 4 is 21.8 Å². The first-order valence-electron chi connectivity index (χ1n) is 5.55. The van der Waals surface area contributed by atoms with Crippen LogP contribution in [0.15, 0.2) is 41.3 Å². The minimum absolute atomic E-state index is 0.0363. The first kappa shape index (κ1) is 12.8. The van der Waals surface area contributed by atoms with Crippen molar-refractivity contribution in [3.8, 4) is 0 Å². The summed E-state index contributed by atoms with van der Waals surface area (Å²) in [5.41, 5.74) is 1.67. The van der Waals surface area contributed by atoms with Gasteiger partial charge in [0.1, 0.15) is 5.69 Å². The standard InChI is InChI=1S/C13H14BrN3O/c1-16(8-10-5-3-4-6-11(10)14)13(18)12-7-15-9-17(12)2/h3-7,9H,8H2,1-2H3. The van der Waals surface area contributed by atoms with E-state index in [4.69, 9.17) is 0 Å². The summed E-state index contributed by atoms with van der Waals surface area (Å²) >= 11 is 3.48. The van der Waals surface area contributed by atoms with Gasteiger partial charge in [0.25, 0.3) is 5.91 Å². The number of hydrogen-bond acceptors (Lipinski definition) is 2. The molecule has 4 nitrogen and oxygen atoms in total. The highest BCUT2D eigenvalue weighted by atomic mass is 79.9. The fraction of sp³-hybridized carbons (Fsp3) is 0.231. The van der Waals surface area contributed by atoms with Gasteiger partial charge in [-0.25, -0.2) is 4.98 Å². The van der Waals surface area contributed by atoms with E-state index in [1.54, 1.807) is 29.0 Å². The normalized spacial score (nSPS) is 10.4. The van der Waals surface area contributed by atoms with Gasteiger partial charge in [0.15, 0.2) is 0 Å². The monoisotopic (exact) mass is 307 g/mol. The molecule has 2 aromatic rings. The van der Waals surface area contributed by atoms with Crippen LogP contribution in [0.5, 0.6) is 0 Å². The van der Waals surface area contributed by atoms with Crippen molar-refractivity contribution in [1.82, 2.24) is 14.5 Å². The fourth-order valence-electron chi connectivity index (χ4n) is 1.71. The molecular weight excluding hydrogens is 294 g/mol. The third-order valence-corrected chi connectivity index (χ3v) is 3.52. The molecule has 94 valence electrons. The molecule has 5 heteroatoms. The number of amides is 1. The summed E-state index contributed by atoms with van der Waals surface area (Å²) in [6, 6.07) is 7.88. The van der Waals surface area contributed by atoms with Gasteiger partial charge in [-0.1, -0.05) is 34.1 Å². The molecule has 0 saturated heterocycles. The summed E-state index contributed by atoms with van der Waals surface area (Å²) < 4.78 is 2.73. The Labute approximate surface area is 114 Å². The molecule has 0 aliphatic carbocycles. The Morgan fingerprint density at radius 3 is 2.78 bits per heavy atom. The molecule has 0 atom stereocenters. The van der Waals surface area contributed by atoms with Crippen molar-refractivity contribution in [3.63, 3.8) is 0 Å². The van der Waals surface area contributed by atoms with E-state index in [9.17, 15) is 4.79 Å². The van der Waals surface area contributed by atoms with Crippen LogP contribution < -0.4 is 0 Å². The quantitative estimate of drug-likeness (QED) is 0.873. The minimum Gasteiger partial charge on any atom is -0.336 e. The number of aryl methyl sites for hydroxylation is 1. The van der Waals surface area contributed by atoms with E-state index in [1.807, 2.05) is 31.3 Å². The number of carbonyl (C=O) groups is 1. The SMILES string of the molecule is CN(Cc1ccccc1Br)C(=O)c1cncn1C. The van der Waals surface area contributed by atoms with Crippen molar-refractivity contribution in [2.24, 2.45) is 7.05 Å². The smallest absolute Gasteiger partial charge is 0.272 e. The number of rotatable bonds is 3. The van der Waals surface area contributed by atoms with Gasteiger partial charge < -0.3 is 9.47 Å². The van der Waals surface area contributed by atoms with Crippen LogP contribution in [0.1, 0.15) is 16.1 Å². The van der Waals surface area contributed by atoms with Crippen molar-refractivity contribution in [1.29, 1.82) is 0 Å². The topological polar surface area (TPSA) is 38.1 Å². The van der Waals surface area contributed by atoms with E-state index in [2.05, 4.69) is 20.9 Å². The van der Waals surface area contributed by atoms with E-state index < -0.39 is 0 Å². The molecular formula is C13H14BrN3O. The van der Waals surface area contributed by atoms with Gasteiger partial charge in [-0.05, 0) is 11.6 Å². The van der Waals surface area contributed by atoms with Gasteiger partial charge in [0.05, 0.1) is 12.5 Å². The molecule has 2 rings (SSSR count). The van der Waals surface area contributed by atoms with Crippen LogP contribution >= 0.6 is 15.9 Å². The zero-order valence-corrected chi connectivity index (χ0v) is 11.9. The summed E-state index contributed by atoms with van der Waals surface area (Å²) in [6.07, 6.45) is 3.21. The maximum absolute atomic E-state index is 12.2. The second-order valence-electron chi connectivity index (χ2n) is 4.14. The summed E-state index contributed by atoms with van der Waals surface area (Å²) in [4.78, 5) is 17.8. The summed E-state index contributed by atoms with van der Waals surface area (Å²) in [7, 11) is 3.60. The molecule has 1 aromatic heterocycles. The largest absolute Gasteiger partial charge is 0.336 e. The second kappa shape index (κ2) is 5.35. The molecule has 0 aliphatic rings. The fourth-order valence-corrected chi connectivity index (χ4v) is 2.12. The summed E-state index contributed by atoms with van der Waals surface area (Å²) in [6.45, 7) is 0.561. The predicted octanol–water partition coefficient (Wildman–Crippen LogP) is 2.45. The van der Waals surface area contributed by atoms with E-state index in [0.29, 0.717) is 12.2 Å². The van der Waals surface area contributed by atoms with Crippen LogP contribution in [0.4, 0.5) is 0 Å². The molecule has 0 N–H and O–H groups in total. The van der Waals surface area contributed by atoms with Crippen LogP contribution in [0.2, 0.25) is 0 Å². The Morgan fingerprint density at radius 1 is 1.44 bits per heavy atom. The van der Waals surface area contributed by atoms with Gasteiger partial charge in [0, 0.05) is 25.1 Å². The molecule has 1 aromatic carbocycles. The highest BCUT2D eigenvalue weighted by Gasteiger charge is 2.15. The van der Waals surface area contributed by atoms with Gasteiger partial charge in [-0.2, -0.15) is 0 Å². The molecule has 1 amide bonds. The van der Waals surface area contributed by atoms with Crippen LogP contribution in [0.3, 0.4) is 0 Å². The van der Waals surface area contributed by atoms with Crippen LogP contribution in [-0.4, -0.2) is 27.4 Å². The Kier molecular flexibility index (Phi) is 3.81. The molecule has 0 radical (unpaired) electrons. The average Bonchev–Trinajstić information content (AvgIpc) is 2.77. The number of aromatic nitrogens is 2. The third-order valence-electron chi connectivity index (χ3n) is 2.75. The lowest BCUT2D eigenvalue weighted by atomic mass is 10.2. The van der Waals surface area contributed by atoms with E-state index in [1.165, 1.54) is 0 Å². The lowest BCUT2D eigenvalue weighted by Crippen LogP contribution is -2.27. The second-order valence-corrected chi connectivity index (χ2v) is 5.00. The van der Waals surface area contributed by atoms with Gasteiger partial charge in [-0.3, -0.25) is 4.79 Å². The Balaban J connectivity index is 2.14. The highest BCUT2D eigenvalue weighted by molar-refractivity contribution is 9.10. The Hall–Kier alpha value is -1.62. The first-order chi connectivity index (χ1) is 8.59. The molecule has 0 aliphatic heterocycles. The van der Waals surface area contributed by atoms with E-state index >= 15 is 0 Å². The molecule has 0 unspecified atom stereocenters. The number of imidazole rings is 1. The van der Waals surface area contributed by atoms with Crippen LogP contribution in [-0.2, 0) is 13.6 Å². The number of nitrogens with zero attached hydrogens (tertiary/aromatic N) is 3. The number of hydrogen-bond donors (Lipinski definition) is 0. The maximum Gasteiger partial charge on any atom is 0.272 e. The van der Waals surface area contributed by atoms with Crippen molar-refractivity contribution in [2.45, 2.75) is 6.54 Å².